The third-order valence-electron chi connectivity index (χ3n) is 3.11. The molecule has 2 aromatic rings. The maximum absolute atomic E-state index is 11.2. The molecule has 0 aliphatic heterocycles. The molecule has 0 aliphatic carbocycles. The van der Waals surface area contributed by atoms with E-state index in [4.69, 9.17) is 9.52 Å². The van der Waals surface area contributed by atoms with Crippen LogP contribution in [-0.2, 0) is 13.0 Å². The van der Waals surface area contributed by atoms with Crippen molar-refractivity contribution < 1.29 is 24.2 Å². The quantitative estimate of drug-likeness (QED) is 0.853. The molecule has 0 aliphatic rings. The summed E-state index contributed by atoms with van der Waals surface area (Å²) >= 11 is 0. The van der Waals surface area contributed by atoms with Crippen molar-refractivity contribution in [2.24, 2.45) is 5.92 Å². The lowest BCUT2D eigenvalue weighted by Crippen LogP contribution is -2.10. The Morgan fingerprint density at radius 1 is 1.19 bits per heavy atom. The van der Waals surface area contributed by atoms with E-state index in [1.165, 1.54) is 6.07 Å². The van der Waals surface area contributed by atoms with Crippen LogP contribution in [0.1, 0.15) is 46.2 Å². The Morgan fingerprint density at radius 3 is 2.43 bits per heavy atom. The van der Waals surface area contributed by atoms with Crippen LogP contribution in [0.2, 0.25) is 0 Å². The molecule has 21 heavy (non-hydrogen) atoms. The van der Waals surface area contributed by atoms with Gasteiger partial charge in [-0.25, -0.2) is 9.59 Å². The molecule has 0 saturated carbocycles. The Balaban J connectivity index is 2.30. The fraction of sp³-hybridized carbons (Fsp3) is 0.333. The van der Waals surface area contributed by atoms with Gasteiger partial charge in [-0.3, -0.25) is 0 Å². The summed E-state index contributed by atoms with van der Waals surface area (Å²) in [6.45, 7) is 4.33. The number of furan rings is 1. The molecule has 0 amide bonds. The predicted molar refractivity (Wildman–Crippen MR) is 74.7 cm³/mol. The zero-order chi connectivity index (χ0) is 15.6. The maximum atomic E-state index is 11.2. The van der Waals surface area contributed by atoms with Crippen LogP contribution in [0.25, 0.3) is 0 Å². The highest BCUT2D eigenvalue weighted by atomic mass is 16.4. The molecule has 6 nitrogen and oxygen atoms in total. The van der Waals surface area contributed by atoms with E-state index in [1.807, 2.05) is 13.8 Å². The van der Waals surface area contributed by atoms with E-state index in [0.29, 0.717) is 30.3 Å². The van der Waals surface area contributed by atoms with E-state index >= 15 is 0 Å². The van der Waals surface area contributed by atoms with Crippen molar-refractivity contribution in [3.8, 4) is 0 Å². The molecule has 0 unspecified atom stereocenters. The van der Waals surface area contributed by atoms with Gasteiger partial charge in [0.25, 0.3) is 0 Å². The van der Waals surface area contributed by atoms with Crippen LogP contribution in [0.4, 0.5) is 0 Å². The highest BCUT2D eigenvalue weighted by molar-refractivity contribution is 5.89. The van der Waals surface area contributed by atoms with Crippen LogP contribution in [0.3, 0.4) is 0 Å². The lowest BCUT2D eigenvalue weighted by Gasteiger charge is -2.11. The average Bonchev–Trinajstić information content (AvgIpc) is 2.97. The molecule has 0 saturated heterocycles. The summed E-state index contributed by atoms with van der Waals surface area (Å²) < 4.78 is 7.00. The molecule has 112 valence electrons. The molecule has 6 heteroatoms. The summed E-state index contributed by atoms with van der Waals surface area (Å²) in [5, 5.41) is 18.1. The molecule has 0 spiro atoms. The number of aromatic carboxylic acids is 2. The minimum Gasteiger partial charge on any atom is -0.478 e. The Kier molecular flexibility index (Phi) is 4.16. The van der Waals surface area contributed by atoms with Gasteiger partial charge in [-0.1, -0.05) is 13.8 Å². The number of carboxylic acid groups (broad SMARTS) is 2. The molecule has 2 heterocycles. The van der Waals surface area contributed by atoms with Gasteiger partial charge in [0, 0.05) is 11.9 Å². The lowest BCUT2D eigenvalue weighted by molar-refractivity contribution is 0.0658. The molecule has 0 atom stereocenters. The number of hydrogen-bond donors (Lipinski definition) is 2. The van der Waals surface area contributed by atoms with Crippen LogP contribution in [-0.4, -0.2) is 26.7 Å². The summed E-state index contributed by atoms with van der Waals surface area (Å²) in [6, 6.07) is 4.53. The zero-order valence-corrected chi connectivity index (χ0v) is 11.9. The SMILES string of the molecule is CC(C)Cc1c(C(=O)O)ccn1Cc1ccc(C(=O)O)o1. The highest BCUT2D eigenvalue weighted by Gasteiger charge is 2.17. The van der Waals surface area contributed by atoms with Gasteiger partial charge < -0.3 is 19.2 Å². The van der Waals surface area contributed by atoms with Crippen LogP contribution in [0, 0.1) is 5.92 Å². The minimum atomic E-state index is -1.12. The number of nitrogens with zero attached hydrogens (tertiary/aromatic N) is 1. The molecule has 0 aromatic carbocycles. The van der Waals surface area contributed by atoms with Crippen molar-refractivity contribution in [2.75, 3.05) is 0 Å². The molecule has 2 N–H and O–H groups in total. The Hall–Kier alpha value is -2.50. The average molecular weight is 291 g/mol. The van der Waals surface area contributed by atoms with Crippen molar-refractivity contribution >= 4 is 11.9 Å². The van der Waals surface area contributed by atoms with Crippen molar-refractivity contribution in [1.29, 1.82) is 0 Å². The first kappa shape index (κ1) is 14.9. The van der Waals surface area contributed by atoms with Gasteiger partial charge in [-0.05, 0) is 30.5 Å². The number of carboxylic acids is 2. The Morgan fingerprint density at radius 2 is 1.90 bits per heavy atom. The van der Waals surface area contributed by atoms with E-state index < -0.39 is 11.9 Å². The monoisotopic (exact) mass is 291 g/mol. The van der Waals surface area contributed by atoms with Crippen LogP contribution < -0.4 is 0 Å². The fourth-order valence-corrected chi connectivity index (χ4v) is 2.21. The van der Waals surface area contributed by atoms with Gasteiger partial charge in [-0.2, -0.15) is 0 Å². The summed E-state index contributed by atoms with van der Waals surface area (Å²) in [6.07, 6.45) is 2.31. The van der Waals surface area contributed by atoms with E-state index in [9.17, 15) is 14.7 Å². The number of aromatic nitrogens is 1. The third kappa shape index (κ3) is 3.34. The zero-order valence-electron chi connectivity index (χ0n) is 11.9. The van der Waals surface area contributed by atoms with E-state index in [0.717, 1.165) is 0 Å². The molecule has 0 radical (unpaired) electrons. The first-order chi connectivity index (χ1) is 9.88. The van der Waals surface area contributed by atoms with Gasteiger partial charge in [0.15, 0.2) is 0 Å². The van der Waals surface area contributed by atoms with E-state index in [1.54, 1.807) is 22.9 Å². The molecule has 2 rings (SSSR count). The normalized spacial score (nSPS) is 11.0. The van der Waals surface area contributed by atoms with E-state index in [2.05, 4.69) is 0 Å². The second-order valence-corrected chi connectivity index (χ2v) is 5.28. The van der Waals surface area contributed by atoms with Crippen molar-refractivity contribution in [1.82, 2.24) is 4.57 Å². The van der Waals surface area contributed by atoms with Gasteiger partial charge in [-0.15, -0.1) is 0 Å². The number of carbonyl (C=O) groups is 2. The molecule has 0 fully saturated rings. The molecule has 2 aromatic heterocycles. The van der Waals surface area contributed by atoms with E-state index in [-0.39, 0.29) is 11.3 Å². The Bertz CT molecular complexity index is 665. The number of rotatable bonds is 6. The van der Waals surface area contributed by atoms with Crippen LogP contribution in [0.5, 0.6) is 0 Å². The molecule has 0 bridgehead atoms. The Labute approximate surface area is 121 Å². The predicted octanol–water partition coefficient (Wildman–Crippen LogP) is 2.72. The topological polar surface area (TPSA) is 92.7 Å². The second-order valence-electron chi connectivity index (χ2n) is 5.28. The van der Waals surface area contributed by atoms with Crippen molar-refractivity contribution in [3.05, 3.63) is 47.2 Å². The largest absolute Gasteiger partial charge is 0.478 e. The van der Waals surface area contributed by atoms with Crippen LogP contribution in [0.15, 0.2) is 28.8 Å². The van der Waals surface area contributed by atoms with Gasteiger partial charge in [0.05, 0.1) is 12.1 Å². The van der Waals surface area contributed by atoms with Gasteiger partial charge >= 0.3 is 11.9 Å². The number of hydrogen-bond acceptors (Lipinski definition) is 3. The smallest absolute Gasteiger partial charge is 0.371 e. The molecular weight excluding hydrogens is 274 g/mol. The fourth-order valence-electron chi connectivity index (χ4n) is 2.21. The summed E-state index contributed by atoms with van der Waals surface area (Å²) in [5.74, 6) is -1.42. The minimum absolute atomic E-state index is 0.124. The van der Waals surface area contributed by atoms with Crippen LogP contribution >= 0.6 is 0 Å². The van der Waals surface area contributed by atoms with Crippen molar-refractivity contribution in [2.45, 2.75) is 26.8 Å². The summed E-state index contributed by atoms with van der Waals surface area (Å²) in [7, 11) is 0. The standard InChI is InChI=1S/C15H17NO5/c1-9(2)7-12-11(14(17)18)5-6-16(12)8-10-3-4-13(21-10)15(19)20/h3-6,9H,7-8H2,1-2H3,(H,17,18)(H,19,20). The summed E-state index contributed by atoms with van der Waals surface area (Å²) in [4.78, 5) is 22.0. The summed E-state index contributed by atoms with van der Waals surface area (Å²) in [5.41, 5.74) is 0.986. The highest BCUT2D eigenvalue weighted by Crippen LogP contribution is 2.19. The third-order valence-corrected chi connectivity index (χ3v) is 3.11. The molecular formula is C15H17NO5. The first-order valence-electron chi connectivity index (χ1n) is 6.61. The lowest BCUT2D eigenvalue weighted by atomic mass is 10.0. The first-order valence-corrected chi connectivity index (χ1v) is 6.61. The van der Waals surface area contributed by atoms with Gasteiger partial charge in [0.2, 0.25) is 5.76 Å². The second kappa shape index (κ2) is 5.87. The van der Waals surface area contributed by atoms with Crippen molar-refractivity contribution in [3.63, 3.8) is 0 Å². The maximum Gasteiger partial charge on any atom is 0.371 e. The van der Waals surface area contributed by atoms with Gasteiger partial charge in [0.1, 0.15) is 5.76 Å².